The molecule has 13 heavy (non-hydrogen) atoms. The number of carboxylic acids is 1. The highest BCUT2D eigenvalue weighted by Crippen LogP contribution is 2.13. The van der Waals surface area contributed by atoms with Crippen LogP contribution in [0.15, 0.2) is 12.2 Å². The van der Waals surface area contributed by atoms with E-state index < -0.39 is 24.3 Å². The van der Waals surface area contributed by atoms with Crippen molar-refractivity contribution in [2.24, 2.45) is 0 Å². The van der Waals surface area contributed by atoms with Crippen LogP contribution in [0.5, 0.6) is 0 Å². The summed E-state index contributed by atoms with van der Waals surface area (Å²) in [7, 11) is 0. The van der Waals surface area contributed by atoms with Crippen LogP contribution in [0.3, 0.4) is 0 Å². The van der Waals surface area contributed by atoms with Crippen molar-refractivity contribution in [3.8, 4) is 0 Å². The molecule has 0 heterocycles. The van der Waals surface area contributed by atoms with E-state index in [0.717, 1.165) is 0 Å². The number of carboxylic acid groups (broad SMARTS) is 1. The van der Waals surface area contributed by atoms with Crippen molar-refractivity contribution in [3.05, 3.63) is 12.2 Å². The highest BCUT2D eigenvalue weighted by atomic mass is 19.4. The summed E-state index contributed by atoms with van der Waals surface area (Å²) in [5.74, 6) is -2.76. The average Bonchev–Trinajstić information content (AvgIpc) is 1.86. The van der Waals surface area contributed by atoms with Crippen LogP contribution >= 0.6 is 0 Å². The zero-order valence-corrected chi connectivity index (χ0v) is 5.50. The largest absolute Gasteiger partial charge is 0.490 e. The molecule has 0 fully saturated rings. The van der Waals surface area contributed by atoms with Crippen LogP contribution in [0.1, 0.15) is 0 Å². The number of carbonyl (C=O) groups is 1. The lowest BCUT2D eigenvalue weighted by Crippen LogP contribution is -2.21. The van der Waals surface area contributed by atoms with Crippen LogP contribution < -0.4 is 0 Å². The van der Waals surface area contributed by atoms with Gasteiger partial charge in [0.2, 0.25) is 0 Å². The topological polar surface area (TPSA) is 37.3 Å². The molecular weight excluding hydrogens is 213 g/mol. The van der Waals surface area contributed by atoms with E-state index in [-0.39, 0.29) is 0 Å². The van der Waals surface area contributed by atoms with Crippen molar-refractivity contribution >= 4 is 5.97 Å². The Balaban J connectivity index is 0. The highest BCUT2D eigenvalue weighted by molar-refractivity contribution is 5.73. The zero-order valence-electron chi connectivity index (χ0n) is 5.50. The van der Waals surface area contributed by atoms with Gasteiger partial charge in [-0.1, -0.05) is 0 Å². The highest BCUT2D eigenvalue weighted by Gasteiger charge is 2.38. The molecule has 0 aliphatic rings. The Labute approximate surface area is 66.3 Å². The van der Waals surface area contributed by atoms with E-state index in [1.165, 1.54) is 0 Å². The molecule has 0 spiro atoms. The minimum Gasteiger partial charge on any atom is -0.475 e. The lowest BCUT2D eigenvalue weighted by molar-refractivity contribution is -0.192. The van der Waals surface area contributed by atoms with Crippen LogP contribution in [0, 0.1) is 0 Å². The number of alkyl halides is 3. The van der Waals surface area contributed by atoms with Crippen LogP contribution in [0.25, 0.3) is 0 Å². The maximum absolute atomic E-state index is 10.6. The molecule has 0 atom stereocenters. The number of hydrogen-bond donors (Lipinski definition) is 1. The number of hydrogen-bond acceptors (Lipinski definition) is 1. The van der Waals surface area contributed by atoms with E-state index in [1.54, 1.807) is 0 Å². The third-order valence-corrected chi connectivity index (χ3v) is 0.385. The first-order valence-electron chi connectivity index (χ1n) is 2.25. The summed E-state index contributed by atoms with van der Waals surface area (Å²) in [6, 6.07) is 0. The second-order valence-corrected chi connectivity index (χ2v) is 1.32. The Morgan fingerprint density at radius 3 is 1.08 bits per heavy atom. The molecular formula is C4HF7O2. The first-order valence-corrected chi connectivity index (χ1v) is 2.25. The first-order chi connectivity index (χ1) is 5.59. The average molecular weight is 214 g/mol. The predicted octanol–water partition coefficient (Wildman–Crippen LogP) is 2.62. The van der Waals surface area contributed by atoms with Gasteiger partial charge in [0, 0.05) is 0 Å². The lowest BCUT2D eigenvalue weighted by atomic mass is 10.7. The van der Waals surface area contributed by atoms with Crippen LogP contribution in [-0.2, 0) is 4.79 Å². The van der Waals surface area contributed by atoms with E-state index in [4.69, 9.17) is 9.90 Å². The van der Waals surface area contributed by atoms with Crippen molar-refractivity contribution < 1.29 is 40.6 Å². The Kier molecular flexibility index (Phi) is 5.90. The third kappa shape index (κ3) is 10.7. The van der Waals surface area contributed by atoms with Gasteiger partial charge in [-0.2, -0.15) is 30.7 Å². The Morgan fingerprint density at radius 1 is 0.923 bits per heavy atom. The van der Waals surface area contributed by atoms with E-state index in [9.17, 15) is 30.7 Å². The van der Waals surface area contributed by atoms with Gasteiger partial charge >= 0.3 is 24.3 Å². The Bertz CT molecular complexity index is 187. The van der Waals surface area contributed by atoms with Gasteiger partial charge in [0.25, 0.3) is 0 Å². The van der Waals surface area contributed by atoms with E-state index in [0.29, 0.717) is 0 Å². The van der Waals surface area contributed by atoms with Crippen molar-refractivity contribution in [1.29, 1.82) is 0 Å². The smallest absolute Gasteiger partial charge is 0.475 e. The molecule has 0 rings (SSSR count). The van der Waals surface area contributed by atoms with Crippen LogP contribution in [0.2, 0.25) is 0 Å². The van der Waals surface area contributed by atoms with Crippen molar-refractivity contribution in [3.63, 3.8) is 0 Å². The maximum Gasteiger partial charge on any atom is 0.490 e. The molecule has 0 aromatic heterocycles. The summed E-state index contributed by atoms with van der Waals surface area (Å²) in [6.07, 6.45) is -10.9. The van der Waals surface area contributed by atoms with Crippen LogP contribution in [-0.4, -0.2) is 17.3 Å². The molecule has 0 aromatic carbocycles. The number of halogens is 7. The minimum absolute atomic E-state index is 2.76. The van der Waals surface area contributed by atoms with Crippen molar-refractivity contribution in [2.45, 2.75) is 6.18 Å². The molecule has 0 bridgehead atoms. The zero-order chi connectivity index (χ0) is 11.2. The first kappa shape index (κ1) is 14.3. The molecule has 0 saturated heterocycles. The standard InChI is InChI=1S/C2F4.C2HF3O2/c3-1(4)2(5)6;3-2(4,5)1(6)7/h;(H,6,7). The molecule has 0 aliphatic carbocycles. The van der Waals surface area contributed by atoms with Gasteiger partial charge in [0.05, 0.1) is 0 Å². The molecule has 0 aromatic rings. The summed E-state index contributed by atoms with van der Waals surface area (Å²) < 4.78 is 72.9. The molecule has 9 heteroatoms. The second kappa shape index (κ2) is 5.38. The monoisotopic (exact) mass is 214 g/mol. The van der Waals surface area contributed by atoms with E-state index >= 15 is 0 Å². The van der Waals surface area contributed by atoms with E-state index in [1.807, 2.05) is 0 Å². The van der Waals surface area contributed by atoms with Gasteiger partial charge in [0.15, 0.2) is 0 Å². The molecule has 2 nitrogen and oxygen atoms in total. The van der Waals surface area contributed by atoms with E-state index in [2.05, 4.69) is 0 Å². The summed E-state index contributed by atoms with van der Waals surface area (Å²) in [5, 5.41) is 7.12. The molecule has 0 radical (unpaired) electrons. The fourth-order valence-corrected chi connectivity index (χ4v) is 0. The lowest BCUT2D eigenvalue weighted by Gasteiger charge is -1.93. The predicted molar refractivity (Wildman–Crippen MR) is 25.1 cm³/mol. The molecule has 1 N–H and O–H groups in total. The van der Waals surface area contributed by atoms with Crippen LogP contribution in [0.4, 0.5) is 30.7 Å². The Morgan fingerprint density at radius 2 is 1.08 bits per heavy atom. The second-order valence-electron chi connectivity index (χ2n) is 1.32. The molecule has 0 amide bonds. The fraction of sp³-hybridized carbons (Fsp3) is 0.250. The number of aliphatic carboxylic acids is 1. The quantitative estimate of drug-likeness (QED) is 0.629. The van der Waals surface area contributed by atoms with Gasteiger partial charge in [-0.3, -0.25) is 0 Å². The van der Waals surface area contributed by atoms with Crippen molar-refractivity contribution in [1.82, 2.24) is 0 Å². The maximum atomic E-state index is 10.6. The molecule has 0 unspecified atom stereocenters. The van der Waals surface area contributed by atoms with Gasteiger partial charge in [-0.25, -0.2) is 4.79 Å². The molecule has 0 saturated carbocycles. The summed E-state index contributed by atoms with van der Waals surface area (Å²) in [5.41, 5.74) is 0. The Hall–Kier alpha value is -1.28. The molecule has 78 valence electrons. The van der Waals surface area contributed by atoms with Gasteiger partial charge in [-0.15, -0.1) is 0 Å². The third-order valence-electron chi connectivity index (χ3n) is 0.385. The number of rotatable bonds is 0. The normalized spacial score (nSPS) is 9.77. The summed E-state index contributed by atoms with van der Waals surface area (Å²) in [4.78, 5) is 8.90. The molecule has 0 aliphatic heterocycles. The fourth-order valence-electron chi connectivity index (χ4n) is 0. The minimum atomic E-state index is -5.08. The summed E-state index contributed by atoms with van der Waals surface area (Å²) >= 11 is 0. The SMILES string of the molecule is FC(F)=C(F)F.O=C(O)C(F)(F)F. The van der Waals surface area contributed by atoms with Crippen molar-refractivity contribution in [2.75, 3.05) is 0 Å². The summed E-state index contributed by atoms with van der Waals surface area (Å²) in [6.45, 7) is 0. The van der Waals surface area contributed by atoms with Gasteiger partial charge in [-0.05, 0) is 0 Å². The van der Waals surface area contributed by atoms with Gasteiger partial charge < -0.3 is 5.11 Å². The van der Waals surface area contributed by atoms with Gasteiger partial charge in [0.1, 0.15) is 0 Å².